The first-order valence-electron chi connectivity index (χ1n) is 7.66. The van der Waals surface area contributed by atoms with Gasteiger partial charge in [0.2, 0.25) is 0 Å². The monoisotopic (exact) mass is 288 g/mol. The van der Waals surface area contributed by atoms with Gasteiger partial charge in [0, 0.05) is 11.4 Å². The zero-order chi connectivity index (χ0) is 14.2. The lowest BCUT2D eigenvalue weighted by atomic mass is 9.84. The average molecular weight is 288 g/mol. The maximum absolute atomic E-state index is 5.05. The number of hydrogen-bond donors (Lipinski definition) is 1. The Hall–Kier alpha value is -0.960. The summed E-state index contributed by atoms with van der Waals surface area (Å²) in [7, 11) is 0. The highest BCUT2D eigenvalue weighted by molar-refractivity contribution is 8.14. The Morgan fingerprint density at radius 1 is 1.05 bits per heavy atom. The van der Waals surface area contributed by atoms with Gasteiger partial charge in [-0.1, -0.05) is 48.7 Å². The summed E-state index contributed by atoms with van der Waals surface area (Å²) >= 11 is 1.90. The van der Waals surface area contributed by atoms with Crippen LogP contribution in [0.3, 0.4) is 0 Å². The van der Waals surface area contributed by atoms with Gasteiger partial charge in [0.15, 0.2) is 5.17 Å². The van der Waals surface area contributed by atoms with E-state index in [1.807, 2.05) is 11.8 Å². The van der Waals surface area contributed by atoms with Gasteiger partial charge >= 0.3 is 0 Å². The van der Waals surface area contributed by atoms with Crippen LogP contribution in [-0.4, -0.2) is 16.5 Å². The van der Waals surface area contributed by atoms with Gasteiger partial charge in [-0.05, 0) is 44.7 Å². The minimum Gasteiger partial charge on any atom is -0.335 e. The number of benzene rings is 1. The Labute approximate surface area is 126 Å². The smallest absolute Gasteiger partial charge is 0.161 e. The van der Waals surface area contributed by atoms with Crippen molar-refractivity contribution in [3.63, 3.8) is 0 Å². The molecule has 0 amide bonds. The van der Waals surface area contributed by atoms with Crippen molar-refractivity contribution >= 4 is 22.6 Å². The molecule has 1 spiro atoms. The third-order valence-electron chi connectivity index (χ3n) is 4.51. The first-order chi connectivity index (χ1) is 9.58. The number of aryl methyl sites for hydroxylation is 3. The van der Waals surface area contributed by atoms with Gasteiger partial charge in [-0.25, -0.2) is 0 Å². The van der Waals surface area contributed by atoms with Crippen molar-refractivity contribution in [3.05, 3.63) is 28.8 Å². The van der Waals surface area contributed by atoms with Crippen molar-refractivity contribution in [1.29, 1.82) is 0 Å². The summed E-state index contributed by atoms with van der Waals surface area (Å²) in [5.74, 6) is 1.17. The highest BCUT2D eigenvalue weighted by atomic mass is 32.2. The van der Waals surface area contributed by atoms with E-state index in [0.29, 0.717) is 0 Å². The van der Waals surface area contributed by atoms with E-state index in [2.05, 4.69) is 38.2 Å². The predicted molar refractivity (Wildman–Crippen MR) is 90.0 cm³/mol. The van der Waals surface area contributed by atoms with Crippen molar-refractivity contribution in [2.24, 2.45) is 4.99 Å². The molecule has 0 aromatic heterocycles. The zero-order valence-corrected chi connectivity index (χ0v) is 13.6. The second-order valence-corrected chi connectivity index (χ2v) is 7.35. The fourth-order valence-corrected chi connectivity index (χ4v) is 4.69. The lowest BCUT2D eigenvalue weighted by Crippen LogP contribution is -2.29. The standard InChI is InChI=1S/C17H24N2S/c1-12-9-13(2)15(14(3)10-12)18-16-19-17(11-20-16)7-5-4-6-8-17/h9-10H,4-8,11H2,1-3H3,(H,18,19). The molecule has 3 heteroatoms. The normalized spacial score (nSPS) is 21.1. The predicted octanol–water partition coefficient (Wildman–Crippen LogP) is 4.83. The van der Waals surface area contributed by atoms with Crippen LogP contribution in [0.2, 0.25) is 0 Å². The third kappa shape index (κ3) is 2.73. The molecule has 1 heterocycles. The van der Waals surface area contributed by atoms with Gasteiger partial charge < -0.3 is 5.32 Å². The first-order valence-corrected chi connectivity index (χ1v) is 8.64. The Kier molecular flexibility index (Phi) is 3.80. The van der Waals surface area contributed by atoms with Crippen molar-refractivity contribution in [2.75, 3.05) is 11.1 Å². The molecule has 0 unspecified atom stereocenters. The number of amidine groups is 1. The lowest BCUT2D eigenvalue weighted by Gasteiger charge is -2.29. The fourth-order valence-electron chi connectivity index (χ4n) is 3.50. The molecule has 1 N–H and O–H groups in total. The Balaban J connectivity index is 1.80. The van der Waals surface area contributed by atoms with E-state index in [9.17, 15) is 0 Å². The van der Waals surface area contributed by atoms with Gasteiger partial charge in [-0.3, -0.25) is 4.99 Å². The molecule has 3 rings (SSSR count). The maximum atomic E-state index is 5.05. The van der Waals surface area contributed by atoms with Gasteiger partial charge in [-0.15, -0.1) is 0 Å². The number of nitrogens with one attached hydrogen (secondary N) is 1. The molecule has 20 heavy (non-hydrogen) atoms. The summed E-state index contributed by atoms with van der Waals surface area (Å²) in [6.45, 7) is 6.51. The molecule has 1 fully saturated rings. The van der Waals surface area contributed by atoms with E-state index in [1.165, 1.54) is 60.2 Å². The van der Waals surface area contributed by atoms with Crippen LogP contribution in [0.25, 0.3) is 0 Å². The molecule has 1 saturated carbocycles. The Morgan fingerprint density at radius 3 is 2.35 bits per heavy atom. The molecule has 108 valence electrons. The van der Waals surface area contributed by atoms with Crippen LogP contribution in [0.4, 0.5) is 5.69 Å². The highest BCUT2D eigenvalue weighted by Crippen LogP contribution is 2.40. The van der Waals surface area contributed by atoms with Crippen LogP contribution in [0, 0.1) is 20.8 Å². The van der Waals surface area contributed by atoms with Crippen LogP contribution in [0.5, 0.6) is 0 Å². The molecule has 1 aliphatic heterocycles. The van der Waals surface area contributed by atoms with E-state index < -0.39 is 0 Å². The topological polar surface area (TPSA) is 24.4 Å². The number of thioether (sulfide) groups is 1. The van der Waals surface area contributed by atoms with E-state index in [1.54, 1.807) is 0 Å². The number of anilines is 1. The lowest BCUT2D eigenvalue weighted by molar-refractivity contribution is 0.335. The van der Waals surface area contributed by atoms with Crippen LogP contribution in [-0.2, 0) is 0 Å². The summed E-state index contributed by atoms with van der Waals surface area (Å²) in [4.78, 5) is 5.05. The van der Waals surface area contributed by atoms with E-state index in [-0.39, 0.29) is 5.54 Å². The quantitative estimate of drug-likeness (QED) is 0.800. The summed E-state index contributed by atoms with van der Waals surface area (Å²) in [6.07, 6.45) is 6.63. The minimum atomic E-state index is 0.248. The van der Waals surface area contributed by atoms with Gasteiger partial charge in [0.1, 0.15) is 0 Å². The number of aliphatic imine (C=N–C) groups is 1. The summed E-state index contributed by atoms with van der Waals surface area (Å²) < 4.78 is 0. The van der Waals surface area contributed by atoms with Crippen LogP contribution in [0.15, 0.2) is 17.1 Å². The fraction of sp³-hybridized carbons (Fsp3) is 0.588. The minimum absolute atomic E-state index is 0.248. The van der Waals surface area contributed by atoms with Crippen LogP contribution < -0.4 is 5.32 Å². The molecule has 2 aliphatic rings. The average Bonchev–Trinajstić information content (AvgIpc) is 2.77. The van der Waals surface area contributed by atoms with Crippen LogP contribution in [0.1, 0.15) is 48.8 Å². The number of nitrogens with zero attached hydrogens (tertiary/aromatic N) is 1. The SMILES string of the molecule is Cc1cc(C)c(NC2=NC3(CCCCC3)CS2)c(C)c1. The Bertz CT molecular complexity index is 519. The van der Waals surface area contributed by atoms with Gasteiger partial charge in [0.05, 0.1) is 5.54 Å². The van der Waals surface area contributed by atoms with Crippen molar-refractivity contribution in [1.82, 2.24) is 0 Å². The molecule has 0 bridgehead atoms. The molecular formula is C17H24N2S. The molecule has 1 aromatic carbocycles. The van der Waals surface area contributed by atoms with Gasteiger partial charge in [0.25, 0.3) is 0 Å². The molecule has 0 radical (unpaired) electrons. The van der Waals surface area contributed by atoms with Crippen molar-refractivity contribution in [3.8, 4) is 0 Å². The van der Waals surface area contributed by atoms with E-state index >= 15 is 0 Å². The number of rotatable bonds is 1. The Morgan fingerprint density at radius 2 is 1.70 bits per heavy atom. The summed E-state index contributed by atoms with van der Waals surface area (Å²) in [5, 5.41) is 4.72. The molecular weight excluding hydrogens is 264 g/mol. The maximum Gasteiger partial charge on any atom is 0.161 e. The largest absolute Gasteiger partial charge is 0.335 e. The van der Waals surface area contributed by atoms with Crippen LogP contribution >= 0.6 is 11.8 Å². The summed E-state index contributed by atoms with van der Waals surface area (Å²) in [5.41, 5.74) is 5.45. The second-order valence-electron chi connectivity index (χ2n) is 6.39. The highest BCUT2D eigenvalue weighted by Gasteiger charge is 2.36. The molecule has 1 aromatic rings. The molecule has 1 aliphatic carbocycles. The summed E-state index contributed by atoms with van der Waals surface area (Å²) in [6, 6.07) is 4.48. The van der Waals surface area contributed by atoms with Gasteiger partial charge in [-0.2, -0.15) is 0 Å². The molecule has 0 atom stereocenters. The van der Waals surface area contributed by atoms with Crippen molar-refractivity contribution in [2.45, 2.75) is 58.4 Å². The third-order valence-corrected chi connectivity index (χ3v) is 5.66. The molecule has 0 saturated heterocycles. The first kappa shape index (κ1) is 14.0. The second kappa shape index (κ2) is 5.44. The van der Waals surface area contributed by atoms with E-state index in [4.69, 9.17) is 4.99 Å². The molecule has 2 nitrogen and oxygen atoms in total. The zero-order valence-electron chi connectivity index (χ0n) is 12.8. The number of hydrogen-bond acceptors (Lipinski definition) is 3. The van der Waals surface area contributed by atoms with Crippen molar-refractivity contribution < 1.29 is 0 Å². The van der Waals surface area contributed by atoms with E-state index in [0.717, 1.165) is 5.17 Å².